The third-order valence-electron chi connectivity index (χ3n) is 2.91. The van der Waals surface area contributed by atoms with E-state index in [2.05, 4.69) is 10.6 Å². The molecule has 6 nitrogen and oxygen atoms in total. The van der Waals surface area contributed by atoms with Crippen LogP contribution < -0.4 is 10.6 Å². The van der Waals surface area contributed by atoms with Crippen molar-refractivity contribution in [3.8, 4) is 0 Å². The van der Waals surface area contributed by atoms with Crippen LogP contribution in [0.2, 0.25) is 0 Å². The molecule has 0 aromatic carbocycles. The Balaban J connectivity index is 2.32. The molecule has 1 aromatic heterocycles. The molecule has 0 radical (unpaired) electrons. The van der Waals surface area contributed by atoms with Crippen molar-refractivity contribution in [1.82, 2.24) is 10.6 Å². The van der Waals surface area contributed by atoms with E-state index in [4.69, 9.17) is 9.52 Å². The van der Waals surface area contributed by atoms with Gasteiger partial charge >= 0.3 is 12.0 Å². The maximum absolute atomic E-state index is 11.6. The van der Waals surface area contributed by atoms with Gasteiger partial charge in [0.05, 0.1) is 12.3 Å². The summed E-state index contributed by atoms with van der Waals surface area (Å²) in [4.78, 5) is 22.2. The number of carboxylic acid groups (broad SMARTS) is 1. The number of aliphatic carboxylic acids is 1. The lowest BCUT2D eigenvalue weighted by atomic mass is 10.0. The number of amides is 2. The van der Waals surface area contributed by atoms with Crippen molar-refractivity contribution >= 4 is 12.0 Å². The molecule has 6 heteroatoms. The number of carbonyl (C=O) groups excluding carboxylic acids is 1. The Morgan fingerprint density at radius 1 is 1.47 bits per heavy atom. The van der Waals surface area contributed by atoms with Gasteiger partial charge in [-0.15, -0.1) is 0 Å². The fourth-order valence-corrected chi connectivity index (χ4v) is 1.70. The SMILES string of the molecule is CCC(CNC(=O)NC(C)c1ccco1)CC(=O)O. The Kier molecular flexibility index (Phi) is 5.92. The van der Waals surface area contributed by atoms with Crippen molar-refractivity contribution in [2.75, 3.05) is 6.54 Å². The molecule has 1 rings (SSSR count). The molecular formula is C13H20N2O4. The van der Waals surface area contributed by atoms with Gasteiger partial charge in [0.2, 0.25) is 0 Å². The third kappa shape index (κ3) is 5.46. The standard InChI is InChI=1S/C13H20N2O4/c1-3-10(7-12(16)17)8-14-13(18)15-9(2)11-5-4-6-19-11/h4-6,9-10H,3,7-8H2,1-2H3,(H,16,17)(H2,14,15,18). The number of urea groups is 1. The molecule has 2 atom stereocenters. The second-order valence-electron chi connectivity index (χ2n) is 4.46. The van der Waals surface area contributed by atoms with E-state index >= 15 is 0 Å². The maximum atomic E-state index is 11.6. The Hall–Kier alpha value is -1.98. The van der Waals surface area contributed by atoms with Crippen molar-refractivity contribution in [3.63, 3.8) is 0 Å². The maximum Gasteiger partial charge on any atom is 0.315 e. The summed E-state index contributed by atoms with van der Waals surface area (Å²) in [6, 6.07) is 2.98. The van der Waals surface area contributed by atoms with Gasteiger partial charge in [0.1, 0.15) is 5.76 Å². The quantitative estimate of drug-likeness (QED) is 0.706. The molecule has 3 N–H and O–H groups in total. The van der Waals surface area contributed by atoms with Crippen LogP contribution in [0.1, 0.15) is 38.5 Å². The number of carbonyl (C=O) groups is 2. The van der Waals surface area contributed by atoms with Crippen molar-refractivity contribution in [1.29, 1.82) is 0 Å². The molecule has 0 fully saturated rings. The molecule has 2 amide bonds. The molecule has 2 unspecified atom stereocenters. The highest BCUT2D eigenvalue weighted by atomic mass is 16.4. The smallest absolute Gasteiger partial charge is 0.315 e. The molecule has 106 valence electrons. The summed E-state index contributed by atoms with van der Waals surface area (Å²) in [6.45, 7) is 4.06. The van der Waals surface area contributed by atoms with Crippen molar-refractivity contribution in [2.45, 2.75) is 32.7 Å². The van der Waals surface area contributed by atoms with Crippen LogP contribution >= 0.6 is 0 Å². The zero-order valence-electron chi connectivity index (χ0n) is 11.2. The largest absolute Gasteiger partial charge is 0.481 e. The van der Waals surface area contributed by atoms with Crippen LogP contribution in [-0.2, 0) is 4.79 Å². The molecule has 0 saturated carbocycles. The fraction of sp³-hybridized carbons (Fsp3) is 0.538. The van der Waals surface area contributed by atoms with Gasteiger partial charge in [-0.3, -0.25) is 4.79 Å². The van der Waals surface area contributed by atoms with E-state index in [0.717, 1.165) is 0 Å². The normalized spacial score (nSPS) is 13.6. The van der Waals surface area contributed by atoms with Crippen LogP contribution in [0.15, 0.2) is 22.8 Å². The molecule has 0 bridgehead atoms. The monoisotopic (exact) mass is 268 g/mol. The first-order valence-corrected chi connectivity index (χ1v) is 6.32. The summed E-state index contributed by atoms with van der Waals surface area (Å²) in [6.07, 6.45) is 2.32. The Labute approximate surface area is 112 Å². The Morgan fingerprint density at radius 3 is 2.74 bits per heavy atom. The van der Waals surface area contributed by atoms with Gasteiger partial charge < -0.3 is 20.2 Å². The van der Waals surface area contributed by atoms with E-state index in [9.17, 15) is 9.59 Å². The van der Waals surface area contributed by atoms with Crippen LogP contribution in [0.25, 0.3) is 0 Å². The Morgan fingerprint density at radius 2 is 2.21 bits per heavy atom. The second kappa shape index (κ2) is 7.45. The second-order valence-corrected chi connectivity index (χ2v) is 4.46. The summed E-state index contributed by atoms with van der Waals surface area (Å²) in [5.74, 6) is -0.229. The molecular weight excluding hydrogens is 248 g/mol. The van der Waals surface area contributed by atoms with E-state index in [-0.39, 0.29) is 24.4 Å². The topological polar surface area (TPSA) is 91.6 Å². The Bertz CT molecular complexity index is 403. The van der Waals surface area contributed by atoms with E-state index in [1.54, 1.807) is 18.4 Å². The zero-order chi connectivity index (χ0) is 14.3. The average Bonchev–Trinajstić information content (AvgIpc) is 2.87. The molecule has 0 spiro atoms. The molecule has 0 saturated heterocycles. The summed E-state index contributed by atoms with van der Waals surface area (Å²) in [5, 5.41) is 14.1. The predicted octanol–water partition coefficient (Wildman–Crippen LogP) is 2.14. The lowest BCUT2D eigenvalue weighted by molar-refractivity contribution is -0.138. The predicted molar refractivity (Wildman–Crippen MR) is 69.7 cm³/mol. The first-order valence-electron chi connectivity index (χ1n) is 6.32. The molecule has 1 heterocycles. The number of nitrogens with one attached hydrogen (secondary N) is 2. The van der Waals surface area contributed by atoms with Gasteiger partial charge in [-0.2, -0.15) is 0 Å². The van der Waals surface area contributed by atoms with Crippen LogP contribution in [0.5, 0.6) is 0 Å². The third-order valence-corrected chi connectivity index (χ3v) is 2.91. The summed E-state index contributed by atoms with van der Waals surface area (Å²) in [7, 11) is 0. The van der Waals surface area contributed by atoms with Crippen LogP contribution in [0.4, 0.5) is 4.79 Å². The molecule has 0 aliphatic rings. The molecule has 0 aliphatic heterocycles. The minimum Gasteiger partial charge on any atom is -0.481 e. The number of carboxylic acids is 1. The van der Waals surface area contributed by atoms with Gasteiger partial charge in [0, 0.05) is 13.0 Å². The average molecular weight is 268 g/mol. The highest BCUT2D eigenvalue weighted by molar-refractivity contribution is 5.74. The van der Waals surface area contributed by atoms with Crippen LogP contribution in [-0.4, -0.2) is 23.7 Å². The zero-order valence-corrected chi connectivity index (χ0v) is 11.2. The summed E-state index contributed by atoms with van der Waals surface area (Å²) < 4.78 is 5.18. The summed E-state index contributed by atoms with van der Waals surface area (Å²) >= 11 is 0. The lowest BCUT2D eigenvalue weighted by Crippen LogP contribution is -2.39. The number of hydrogen-bond acceptors (Lipinski definition) is 3. The van der Waals surface area contributed by atoms with Gasteiger partial charge in [0.15, 0.2) is 0 Å². The first-order chi connectivity index (χ1) is 9.02. The molecule has 19 heavy (non-hydrogen) atoms. The lowest BCUT2D eigenvalue weighted by Gasteiger charge is -2.16. The van der Waals surface area contributed by atoms with E-state index in [1.165, 1.54) is 0 Å². The van der Waals surface area contributed by atoms with Crippen LogP contribution in [0, 0.1) is 5.92 Å². The molecule has 1 aromatic rings. The van der Waals surface area contributed by atoms with E-state index < -0.39 is 5.97 Å². The number of furan rings is 1. The van der Waals surface area contributed by atoms with E-state index in [1.807, 2.05) is 13.8 Å². The van der Waals surface area contributed by atoms with Gasteiger partial charge in [0.25, 0.3) is 0 Å². The minimum atomic E-state index is -0.849. The highest BCUT2D eigenvalue weighted by Gasteiger charge is 2.14. The first kappa shape index (κ1) is 15.1. The van der Waals surface area contributed by atoms with Gasteiger partial charge in [-0.25, -0.2) is 4.79 Å². The van der Waals surface area contributed by atoms with E-state index in [0.29, 0.717) is 18.7 Å². The van der Waals surface area contributed by atoms with Gasteiger partial charge in [-0.1, -0.05) is 13.3 Å². The van der Waals surface area contributed by atoms with Crippen molar-refractivity contribution < 1.29 is 19.1 Å². The van der Waals surface area contributed by atoms with Gasteiger partial charge in [-0.05, 0) is 25.0 Å². The summed E-state index contributed by atoms with van der Waals surface area (Å²) in [5.41, 5.74) is 0. The minimum absolute atomic E-state index is 0.0535. The number of rotatable bonds is 7. The van der Waals surface area contributed by atoms with Crippen LogP contribution in [0.3, 0.4) is 0 Å². The number of hydrogen-bond donors (Lipinski definition) is 3. The van der Waals surface area contributed by atoms with Crippen molar-refractivity contribution in [2.24, 2.45) is 5.92 Å². The highest BCUT2D eigenvalue weighted by Crippen LogP contribution is 2.12. The van der Waals surface area contributed by atoms with Crippen molar-refractivity contribution in [3.05, 3.63) is 24.2 Å². The molecule has 0 aliphatic carbocycles. The fourth-order valence-electron chi connectivity index (χ4n) is 1.70.